The van der Waals surface area contributed by atoms with E-state index in [9.17, 15) is 19.2 Å². The van der Waals surface area contributed by atoms with Crippen LogP contribution in [0.15, 0.2) is 40.9 Å². The molecule has 1 saturated heterocycles. The molecular weight excluding hydrogens is 462 g/mol. The Morgan fingerprint density at radius 3 is 1.94 bits per heavy atom. The molecule has 0 N–H and O–H groups in total. The van der Waals surface area contributed by atoms with E-state index in [0.29, 0.717) is 11.5 Å². The van der Waals surface area contributed by atoms with Crippen molar-refractivity contribution < 1.29 is 47.4 Å². The van der Waals surface area contributed by atoms with Gasteiger partial charge in [-0.2, -0.15) is 0 Å². The van der Waals surface area contributed by atoms with E-state index in [0.717, 1.165) is 5.56 Å². The molecule has 0 bridgehead atoms. The Balaban J connectivity index is 1.94. The zero-order valence-corrected chi connectivity index (χ0v) is 19.8. The molecule has 1 aromatic heterocycles. The summed E-state index contributed by atoms with van der Waals surface area (Å²) in [5, 5.41) is 4.08. The molecule has 11 nitrogen and oxygen atoms in total. The lowest BCUT2D eigenvalue weighted by molar-refractivity contribution is -0.252. The van der Waals surface area contributed by atoms with Crippen LogP contribution in [0, 0.1) is 0 Å². The van der Waals surface area contributed by atoms with Crippen LogP contribution in [-0.2, 0) is 49.3 Å². The van der Waals surface area contributed by atoms with Gasteiger partial charge in [-0.1, -0.05) is 35.5 Å². The van der Waals surface area contributed by atoms with Crippen molar-refractivity contribution in [2.45, 2.75) is 64.6 Å². The summed E-state index contributed by atoms with van der Waals surface area (Å²) in [5.74, 6) is -2.10. The van der Waals surface area contributed by atoms with Gasteiger partial charge in [0, 0.05) is 45.7 Å². The van der Waals surface area contributed by atoms with Crippen LogP contribution in [0.25, 0.3) is 11.3 Å². The van der Waals surface area contributed by atoms with Crippen molar-refractivity contribution in [2.75, 3.05) is 6.61 Å². The molecule has 0 spiro atoms. The number of carbonyl (C=O) groups excluding carboxylic acids is 4. The Labute approximate surface area is 201 Å². The van der Waals surface area contributed by atoms with E-state index >= 15 is 0 Å². The van der Waals surface area contributed by atoms with E-state index in [4.69, 9.17) is 28.2 Å². The molecule has 188 valence electrons. The molecule has 35 heavy (non-hydrogen) atoms. The zero-order valence-electron chi connectivity index (χ0n) is 19.8. The standard InChI is InChI=1S/C24H27NO10/c1-13(26)30-12-21-23(32-15(3)28)24(33-16(4)29)22(31-14(2)27)20(34-21)11-18-10-19(35-25-18)17-8-6-5-7-9-17/h5-10,20-24H,11-12H2,1-4H3/t20-,21+,22-,23+,24+/m0/s1. The quantitative estimate of drug-likeness (QED) is 0.397. The first-order chi connectivity index (χ1) is 16.6. The second-order valence-corrected chi connectivity index (χ2v) is 7.99. The molecule has 0 radical (unpaired) electrons. The van der Waals surface area contributed by atoms with E-state index in [1.54, 1.807) is 6.07 Å². The van der Waals surface area contributed by atoms with Gasteiger partial charge in [-0.3, -0.25) is 19.2 Å². The van der Waals surface area contributed by atoms with Crippen molar-refractivity contribution in [2.24, 2.45) is 0 Å². The lowest BCUT2D eigenvalue weighted by Gasteiger charge is -2.44. The number of hydrogen-bond donors (Lipinski definition) is 0. The molecule has 2 heterocycles. The summed E-state index contributed by atoms with van der Waals surface area (Å²) in [4.78, 5) is 47.1. The second kappa shape index (κ2) is 11.6. The molecule has 1 aliphatic heterocycles. The number of hydrogen-bond acceptors (Lipinski definition) is 11. The molecule has 5 atom stereocenters. The van der Waals surface area contributed by atoms with E-state index in [1.807, 2.05) is 30.3 Å². The van der Waals surface area contributed by atoms with Gasteiger partial charge in [0.05, 0.1) is 5.69 Å². The van der Waals surface area contributed by atoms with Crippen LogP contribution >= 0.6 is 0 Å². The van der Waals surface area contributed by atoms with Gasteiger partial charge < -0.3 is 28.2 Å². The average Bonchev–Trinajstić information content (AvgIpc) is 3.25. The molecule has 0 amide bonds. The monoisotopic (exact) mass is 489 g/mol. The van der Waals surface area contributed by atoms with E-state index in [1.165, 1.54) is 27.7 Å². The summed E-state index contributed by atoms with van der Waals surface area (Å²) >= 11 is 0. The minimum atomic E-state index is -1.22. The van der Waals surface area contributed by atoms with Crippen LogP contribution in [0.1, 0.15) is 33.4 Å². The van der Waals surface area contributed by atoms with Crippen LogP contribution in [0.4, 0.5) is 0 Å². The van der Waals surface area contributed by atoms with Crippen LogP contribution in [-0.4, -0.2) is 66.2 Å². The van der Waals surface area contributed by atoms with Crippen LogP contribution in [0.3, 0.4) is 0 Å². The molecule has 3 rings (SSSR count). The lowest BCUT2D eigenvalue weighted by atomic mass is 9.91. The Morgan fingerprint density at radius 1 is 0.800 bits per heavy atom. The summed E-state index contributed by atoms with van der Waals surface area (Å²) in [7, 11) is 0. The third-order valence-electron chi connectivity index (χ3n) is 5.11. The number of rotatable bonds is 8. The largest absolute Gasteiger partial charge is 0.463 e. The van der Waals surface area contributed by atoms with E-state index < -0.39 is 54.4 Å². The van der Waals surface area contributed by atoms with Crippen LogP contribution < -0.4 is 0 Å². The normalized spacial score (nSPS) is 23.7. The van der Waals surface area contributed by atoms with Crippen LogP contribution in [0.5, 0.6) is 0 Å². The van der Waals surface area contributed by atoms with Crippen molar-refractivity contribution >= 4 is 23.9 Å². The van der Waals surface area contributed by atoms with Crippen molar-refractivity contribution in [1.82, 2.24) is 5.16 Å². The highest BCUT2D eigenvalue weighted by Gasteiger charge is 2.52. The highest BCUT2D eigenvalue weighted by molar-refractivity contribution is 5.68. The van der Waals surface area contributed by atoms with Crippen molar-refractivity contribution in [3.63, 3.8) is 0 Å². The predicted octanol–water partition coefficient (Wildman–Crippen LogP) is 2.01. The van der Waals surface area contributed by atoms with Gasteiger partial charge in [-0.25, -0.2) is 0 Å². The first-order valence-electron chi connectivity index (χ1n) is 11.0. The van der Waals surface area contributed by atoms with Gasteiger partial charge in [0.2, 0.25) is 0 Å². The summed E-state index contributed by atoms with van der Waals surface area (Å²) < 4.78 is 32.9. The summed E-state index contributed by atoms with van der Waals surface area (Å²) in [6, 6.07) is 11.0. The smallest absolute Gasteiger partial charge is 0.303 e. The van der Waals surface area contributed by atoms with Gasteiger partial charge in [-0.15, -0.1) is 0 Å². The number of nitrogens with zero attached hydrogens (tertiary/aromatic N) is 1. The minimum Gasteiger partial charge on any atom is -0.463 e. The van der Waals surface area contributed by atoms with Gasteiger partial charge in [0.1, 0.15) is 18.8 Å². The lowest BCUT2D eigenvalue weighted by Crippen LogP contribution is -2.62. The van der Waals surface area contributed by atoms with E-state index in [-0.39, 0.29) is 13.0 Å². The molecule has 1 aromatic carbocycles. The molecule has 2 aromatic rings. The Hall–Kier alpha value is -3.73. The highest BCUT2D eigenvalue weighted by atomic mass is 16.7. The Morgan fingerprint density at radius 2 is 1.37 bits per heavy atom. The van der Waals surface area contributed by atoms with Gasteiger partial charge in [-0.05, 0) is 0 Å². The van der Waals surface area contributed by atoms with Crippen molar-refractivity contribution in [3.8, 4) is 11.3 Å². The van der Waals surface area contributed by atoms with Gasteiger partial charge in [0.25, 0.3) is 0 Å². The average molecular weight is 489 g/mol. The fraction of sp³-hybridized carbons (Fsp3) is 0.458. The van der Waals surface area contributed by atoms with Crippen LogP contribution in [0.2, 0.25) is 0 Å². The Kier molecular flexibility index (Phi) is 8.58. The fourth-order valence-electron chi connectivity index (χ4n) is 3.83. The number of esters is 4. The maximum Gasteiger partial charge on any atom is 0.303 e. The first-order valence-corrected chi connectivity index (χ1v) is 11.0. The minimum absolute atomic E-state index is 0.0927. The van der Waals surface area contributed by atoms with Gasteiger partial charge >= 0.3 is 23.9 Å². The third-order valence-corrected chi connectivity index (χ3v) is 5.11. The Bertz CT molecular complexity index is 1050. The zero-order chi connectivity index (χ0) is 25.5. The predicted molar refractivity (Wildman–Crippen MR) is 118 cm³/mol. The molecule has 0 unspecified atom stereocenters. The maximum absolute atomic E-state index is 11.9. The second-order valence-electron chi connectivity index (χ2n) is 7.99. The summed E-state index contributed by atoms with van der Waals surface area (Å²) in [6.45, 7) is 4.46. The highest BCUT2D eigenvalue weighted by Crippen LogP contribution is 2.31. The summed E-state index contributed by atoms with van der Waals surface area (Å²) in [6.07, 6.45) is -5.39. The fourth-order valence-corrected chi connectivity index (χ4v) is 3.83. The van der Waals surface area contributed by atoms with Gasteiger partial charge in [0.15, 0.2) is 24.1 Å². The number of carbonyl (C=O) groups is 4. The number of benzene rings is 1. The van der Waals surface area contributed by atoms with Crippen molar-refractivity contribution in [1.29, 1.82) is 0 Å². The first kappa shape index (κ1) is 25.9. The number of ether oxygens (including phenoxy) is 5. The van der Waals surface area contributed by atoms with E-state index in [2.05, 4.69) is 5.16 Å². The maximum atomic E-state index is 11.9. The molecule has 0 saturated carbocycles. The topological polar surface area (TPSA) is 140 Å². The molecular formula is C24H27NO10. The van der Waals surface area contributed by atoms with Crippen molar-refractivity contribution in [3.05, 3.63) is 42.1 Å². The molecule has 1 aliphatic rings. The SMILES string of the molecule is CC(=O)OC[C@H]1O[C@@H](Cc2cc(-c3ccccc3)on2)[C@H](OC(C)=O)[C@@H](OC(C)=O)[C@@H]1OC(C)=O. The molecule has 11 heteroatoms. The number of aromatic nitrogens is 1. The summed E-state index contributed by atoms with van der Waals surface area (Å²) in [5.41, 5.74) is 1.29. The third kappa shape index (κ3) is 7.12. The molecule has 0 aliphatic carbocycles. The molecule has 1 fully saturated rings.